The predicted octanol–water partition coefficient (Wildman–Crippen LogP) is 12.5. The van der Waals surface area contributed by atoms with Crippen LogP contribution in [0.15, 0.2) is 137 Å². The van der Waals surface area contributed by atoms with E-state index in [1.165, 1.54) is 33.0 Å². The molecule has 7 aromatic rings. The van der Waals surface area contributed by atoms with Crippen molar-refractivity contribution in [3.05, 3.63) is 139 Å². The summed E-state index contributed by atoms with van der Waals surface area (Å²) < 4.78 is 2.33. The highest BCUT2D eigenvalue weighted by atomic mass is 32.2. The van der Waals surface area contributed by atoms with Crippen molar-refractivity contribution in [1.29, 1.82) is 0 Å². The Morgan fingerprint density at radius 3 is 2.04 bits per heavy atom. The zero-order valence-corrected chi connectivity index (χ0v) is 30.3. The van der Waals surface area contributed by atoms with E-state index in [4.69, 9.17) is 9.92 Å². The molecule has 6 heteroatoms. The zero-order chi connectivity index (χ0) is 34.5. The summed E-state index contributed by atoms with van der Waals surface area (Å²) in [5.74, 6) is 1.74. The number of para-hydroxylation sites is 3. The lowest BCUT2D eigenvalue weighted by atomic mass is 9.85. The van der Waals surface area contributed by atoms with Crippen molar-refractivity contribution in [1.82, 2.24) is 9.55 Å². The maximum Gasteiger partial charge on any atom is 0.138 e. The summed E-state index contributed by atoms with van der Waals surface area (Å²) in [7, 11) is 0. The van der Waals surface area contributed by atoms with Crippen LogP contribution < -0.4 is 10.1 Å². The molecule has 0 spiro atoms. The molecule has 5 nitrogen and oxygen atoms in total. The Morgan fingerprint density at radius 1 is 0.600 bits per heavy atom. The Bertz CT molecular complexity index is 2330. The number of anilines is 3. The zero-order valence-electron chi connectivity index (χ0n) is 29.5. The van der Waals surface area contributed by atoms with Crippen LogP contribution in [0.25, 0.3) is 38.8 Å². The van der Waals surface area contributed by atoms with Gasteiger partial charge in [-0.3, -0.25) is 4.57 Å². The minimum absolute atomic E-state index is 0.203. The molecule has 0 atom stereocenters. The number of hydrogen-bond donors (Lipinski definition) is 0. The molecule has 0 unspecified atom stereocenters. The molecular weight excluding hydrogens is 633 g/mol. The minimum atomic E-state index is 0.203. The Kier molecular flexibility index (Phi) is 8.38. The van der Waals surface area contributed by atoms with E-state index >= 15 is 0 Å². The Hall–Kier alpha value is -5.04. The summed E-state index contributed by atoms with van der Waals surface area (Å²) >= 11 is 1.76. The number of benzene rings is 5. The fraction of sp³-hybridized carbons (Fsp3) is 0.205. The minimum Gasteiger partial charge on any atom is -0.294 e. The summed E-state index contributed by atoms with van der Waals surface area (Å²) in [5, 5.41) is 6.34. The van der Waals surface area contributed by atoms with Gasteiger partial charge in [-0.05, 0) is 109 Å². The van der Waals surface area contributed by atoms with E-state index in [-0.39, 0.29) is 6.04 Å². The highest BCUT2D eigenvalue weighted by molar-refractivity contribution is 7.99. The average Bonchev–Trinajstić information content (AvgIpc) is 3.68. The molecule has 250 valence electrons. The summed E-state index contributed by atoms with van der Waals surface area (Å²) in [6.45, 7) is 13.4. The van der Waals surface area contributed by atoms with Crippen molar-refractivity contribution >= 4 is 50.6 Å². The fourth-order valence-corrected chi connectivity index (χ4v) is 8.11. The van der Waals surface area contributed by atoms with Crippen LogP contribution in [0.4, 0.5) is 17.1 Å². The van der Waals surface area contributed by atoms with Crippen LogP contribution in [0.5, 0.6) is 0 Å². The van der Waals surface area contributed by atoms with Crippen molar-refractivity contribution in [3.63, 3.8) is 0 Å². The van der Waals surface area contributed by atoms with Crippen LogP contribution in [-0.4, -0.2) is 15.6 Å². The third-order valence-corrected chi connectivity index (χ3v) is 10.5. The Morgan fingerprint density at radius 2 is 1.28 bits per heavy atom. The molecule has 0 saturated carbocycles. The van der Waals surface area contributed by atoms with Gasteiger partial charge in [0, 0.05) is 26.8 Å². The summed E-state index contributed by atoms with van der Waals surface area (Å²) in [4.78, 5) is 13.7. The molecule has 0 aliphatic carbocycles. The summed E-state index contributed by atoms with van der Waals surface area (Å²) in [5.41, 5.74) is 10.7. The molecule has 1 aliphatic heterocycles. The molecule has 5 aromatic carbocycles. The van der Waals surface area contributed by atoms with Crippen molar-refractivity contribution in [2.24, 2.45) is 0 Å². The van der Waals surface area contributed by atoms with Crippen molar-refractivity contribution < 1.29 is 4.94 Å². The molecule has 2 aromatic heterocycles. The number of rotatable bonds is 8. The van der Waals surface area contributed by atoms with Gasteiger partial charge in [-0.15, -0.1) is 4.94 Å². The number of pyridine rings is 1. The largest absolute Gasteiger partial charge is 0.294 e. The van der Waals surface area contributed by atoms with E-state index in [2.05, 4.69) is 167 Å². The number of nitrogens with zero attached hydrogens (tertiary/aromatic N) is 4. The lowest BCUT2D eigenvalue weighted by Crippen LogP contribution is -2.30. The van der Waals surface area contributed by atoms with Gasteiger partial charge < -0.3 is 0 Å². The van der Waals surface area contributed by atoms with Gasteiger partial charge in [0.25, 0.3) is 0 Å². The normalized spacial score (nSPS) is 13.1. The van der Waals surface area contributed by atoms with Crippen LogP contribution in [0.1, 0.15) is 64.5 Å². The second-order valence-electron chi connectivity index (χ2n) is 13.9. The third kappa shape index (κ3) is 5.62. The Balaban J connectivity index is 1.20. The Labute approximate surface area is 299 Å². The quantitative estimate of drug-likeness (QED) is 0.160. The number of aromatic nitrogens is 2. The first-order valence-electron chi connectivity index (χ1n) is 17.6. The second kappa shape index (κ2) is 13.0. The standard InChI is InChI=1S/C44H42N4OS/c1-28(2)35-16-12-17-36(29(3)4)44(35)31-23-24-45-43(25-31)46-39-18-8-7-15-37(39)38-22-21-34(27-42(38)46)50-33-14-11-13-32(26-33)48-41-20-10-9-19-40(41)47(49-48)30(5)6/h7-30H,1-6H3. The molecule has 8 rings (SSSR count). The molecule has 0 N–H and O–H groups in total. The fourth-order valence-electron chi connectivity index (χ4n) is 7.21. The molecular formula is C44H42N4OS. The third-order valence-electron chi connectivity index (χ3n) is 9.55. The van der Waals surface area contributed by atoms with Gasteiger partial charge in [0.15, 0.2) is 0 Å². The molecule has 50 heavy (non-hydrogen) atoms. The van der Waals surface area contributed by atoms with Gasteiger partial charge in [0.2, 0.25) is 0 Å². The van der Waals surface area contributed by atoms with Crippen LogP contribution in [0.2, 0.25) is 0 Å². The SMILES string of the molecule is CC(C)c1cccc(C(C)C)c1-c1ccnc(-n2c3ccccc3c3ccc(Sc4cccc(N5ON(C(C)C)c6ccccc65)c4)cc32)c1. The molecule has 0 saturated heterocycles. The molecule has 0 amide bonds. The lowest BCUT2D eigenvalue weighted by Gasteiger charge is -2.23. The van der Waals surface area contributed by atoms with Crippen LogP contribution in [0, 0.1) is 0 Å². The first-order chi connectivity index (χ1) is 24.3. The van der Waals surface area contributed by atoms with Gasteiger partial charge >= 0.3 is 0 Å². The van der Waals surface area contributed by atoms with E-state index in [1.54, 1.807) is 11.8 Å². The van der Waals surface area contributed by atoms with Gasteiger partial charge in [-0.2, -0.15) is 5.06 Å². The summed E-state index contributed by atoms with van der Waals surface area (Å²) in [6.07, 6.45) is 1.97. The maximum absolute atomic E-state index is 6.37. The van der Waals surface area contributed by atoms with Crippen LogP contribution in [-0.2, 0) is 4.94 Å². The molecule has 3 heterocycles. The second-order valence-corrected chi connectivity index (χ2v) is 15.1. The number of hydroxylamine groups is 1. The van der Waals surface area contributed by atoms with Gasteiger partial charge in [0.1, 0.15) is 5.82 Å². The van der Waals surface area contributed by atoms with Crippen molar-refractivity contribution in [2.75, 3.05) is 10.1 Å². The first-order valence-corrected chi connectivity index (χ1v) is 18.4. The van der Waals surface area contributed by atoms with E-state index in [9.17, 15) is 0 Å². The maximum atomic E-state index is 6.37. The number of hydrogen-bond acceptors (Lipinski definition) is 5. The highest BCUT2D eigenvalue weighted by Crippen LogP contribution is 2.44. The van der Waals surface area contributed by atoms with Crippen LogP contribution >= 0.6 is 11.8 Å². The summed E-state index contributed by atoms with van der Waals surface area (Å²) in [6, 6.07) is 43.8. The van der Waals surface area contributed by atoms with Gasteiger partial charge in [0.05, 0.1) is 34.1 Å². The van der Waals surface area contributed by atoms with Gasteiger partial charge in [-0.1, -0.05) is 100 Å². The molecule has 0 radical (unpaired) electrons. The predicted molar refractivity (Wildman–Crippen MR) is 210 cm³/mol. The lowest BCUT2D eigenvalue weighted by molar-refractivity contribution is 0.112. The first kappa shape index (κ1) is 32.2. The van der Waals surface area contributed by atoms with E-state index in [1.807, 2.05) is 16.3 Å². The van der Waals surface area contributed by atoms with E-state index in [0.29, 0.717) is 11.8 Å². The van der Waals surface area contributed by atoms with E-state index in [0.717, 1.165) is 43.7 Å². The molecule has 0 fully saturated rings. The molecule has 1 aliphatic rings. The van der Waals surface area contributed by atoms with Crippen molar-refractivity contribution in [2.45, 2.75) is 69.2 Å². The van der Waals surface area contributed by atoms with Gasteiger partial charge in [-0.25, -0.2) is 10.0 Å². The highest BCUT2D eigenvalue weighted by Gasteiger charge is 2.30. The average molecular weight is 675 g/mol. The smallest absolute Gasteiger partial charge is 0.138 e. The monoisotopic (exact) mass is 674 g/mol. The topological polar surface area (TPSA) is 33.5 Å². The van der Waals surface area contributed by atoms with Crippen LogP contribution in [0.3, 0.4) is 0 Å². The van der Waals surface area contributed by atoms with Crippen molar-refractivity contribution in [3.8, 4) is 16.9 Å². The van der Waals surface area contributed by atoms with E-state index < -0.39 is 0 Å². The number of fused-ring (bicyclic) bond motifs is 4. The molecule has 0 bridgehead atoms.